The molecule has 0 rings (SSSR count). The molecule has 0 fully saturated rings. The molecule has 6 nitrogen and oxygen atoms in total. The third kappa shape index (κ3) is 51.5. The fourth-order valence-electron chi connectivity index (χ4n) is 8.89. The van der Waals surface area contributed by atoms with E-state index in [4.69, 9.17) is 4.74 Å². The fourth-order valence-corrected chi connectivity index (χ4v) is 8.89. The number of rotatable bonds is 54. The number of ether oxygens (including phenoxy) is 1. The van der Waals surface area contributed by atoms with E-state index in [0.29, 0.717) is 25.9 Å². The van der Waals surface area contributed by atoms with Crippen molar-refractivity contribution in [2.45, 2.75) is 321 Å². The van der Waals surface area contributed by atoms with Crippen LogP contribution in [0.15, 0.2) is 36.5 Å². The lowest BCUT2D eigenvalue weighted by Gasteiger charge is -2.22. The number of carbonyl (C=O) groups is 2. The van der Waals surface area contributed by atoms with Gasteiger partial charge in [-0.05, 0) is 77.0 Å². The van der Waals surface area contributed by atoms with E-state index in [0.717, 1.165) is 64.2 Å². The van der Waals surface area contributed by atoms with Gasteiger partial charge in [-0.2, -0.15) is 0 Å². The molecule has 0 saturated carbocycles. The largest absolute Gasteiger partial charge is 0.466 e. The van der Waals surface area contributed by atoms with Crippen LogP contribution in [0.1, 0.15) is 309 Å². The quantitative estimate of drug-likeness (QED) is 0.0321. The molecule has 0 aromatic carbocycles. The molecule has 0 saturated heterocycles. The smallest absolute Gasteiger partial charge is 0.305 e. The molecule has 2 unspecified atom stereocenters. The highest BCUT2D eigenvalue weighted by Crippen LogP contribution is 2.17. The first kappa shape index (κ1) is 64.1. The molecule has 6 heteroatoms. The summed E-state index contributed by atoms with van der Waals surface area (Å²) in [6.07, 6.45) is 68.4. The van der Waals surface area contributed by atoms with Crippen LogP contribution in [0.3, 0.4) is 0 Å². The van der Waals surface area contributed by atoms with E-state index in [2.05, 4.69) is 55.6 Å². The van der Waals surface area contributed by atoms with Gasteiger partial charge in [0.1, 0.15) is 0 Å². The van der Waals surface area contributed by atoms with Crippen LogP contribution in [0.4, 0.5) is 0 Å². The maximum atomic E-state index is 12.5. The molecule has 1 amide bonds. The van der Waals surface area contributed by atoms with E-state index < -0.39 is 12.1 Å². The maximum Gasteiger partial charge on any atom is 0.305 e. The van der Waals surface area contributed by atoms with Crippen LogP contribution >= 0.6 is 0 Å². The van der Waals surface area contributed by atoms with Crippen LogP contribution in [0.2, 0.25) is 0 Å². The van der Waals surface area contributed by atoms with E-state index in [-0.39, 0.29) is 18.5 Å². The number of hydrogen-bond donors (Lipinski definition) is 3. The van der Waals surface area contributed by atoms with E-state index in [1.807, 2.05) is 0 Å². The monoisotopic (exact) mass is 928 g/mol. The first-order chi connectivity index (χ1) is 32.5. The minimum Gasteiger partial charge on any atom is -0.466 e. The number of unbranched alkanes of at least 4 members (excludes halogenated alkanes) is 37. The normalized spacial score (nSPS) is 12.8. The third-order valence-electron chi connectivity index (χ3n) is 13.4. The molecular formula is C60H113NO5. The number of allylic oxidation sites excluding steroid dienone is 6. The van der Waals surface area contributed by atoms with Crippen molar-refractivity contribution in [1.82, 2.24) is 5.32 Å². The fraction of sp³-hybridized carbons (Fsp3) is 0.867. The van der Waals surface area contributed by atoms with Gasteiger partial charge >= 0.3 is 5.97 Å². The summed E-state index contributed by atoms with van der Waals surface area (Å²) in [5.74, 6) is -0.0623. The van der Waals surface area contributed by atoms with Crippen LogP contribution in [0.5, 0.6) is 0 Å². The van der Waals surface area contributed by atoms with Crippen molar-refractivity contribution in [3.63, 3.8) is 0 Å². The Balaban J connectivity index is 3.47. The molecule has 66 heavy (non-hydrogen) atoms. The third-order valence-corrected chi connectivity index (χ3v) is 13.4. The molecule has 0 aliphatic heterocycles. The average Bonchev–Trinajstić information content (AvgIpc) is 3.32. The predicted molar refractivity (Wildman–Crippen MR) is 287 cm³/mol. The average molecular weight is 929 g/mol. The zero-order valence-electron chi connectivity index (χ0n) is 44.2. The summed E-state index contributed by atoms with van der Waals surface area (Å²) in [6, 6.07) is -0.552. The van der Waals surface area contributed by atoms with Crippen molar-refractivity contribution < 1.29 is 24.5 Å². The number of nitrogens with one attached hydrogen (secondary N) is 1. The van der Waals surface area contributed by atoms with Gasteiger partial charge in [0.15, 0.2) is 0 Å². The van der Waals surface area contributed by atoms with Gasteiger partial charge in [0.05, 0.1) is 25.4 Å². The second-order valence-corrected chi connectivity index (χ2v) is 20.0. The van der Waals surface area contributed by atoms with E-state index in [9.17, 15) is 19.8 Å². The van der Waals surface area contributed by atoms with Crippen LogP contribution in [0.25, 0.3) is 0 Å². The number of esters is 1. The predicted octanol–water partition coefficient (Wildman–Crippen LogP) is 18.0. The van der Waals surface area contributed by atoms with Gasteiger partial charge in [0.25, 0.3) is 0 Å². The molecular weight excluding hydrogens is 815 g/mol. The number of carbonyl (C=O) groups excluding carboxylic acids is 2. The molecule has 388 valence electrons. The second-order valence-electron chi connectivity index (χ2n) is 20.0. The zero-order valence-corrected chi connectivity index (χ0v) is 44.2. The van der Waals surface area contributed by atoms with Crippen molar-refractivity contribution in [3.05, 3.63) is 36.5 Å². The van der Waals surface area contributed by atoms with Gasteiger partial charge in [0, 0.05) is 12.8 Å². The van der Waals surface area contributed by atoms with Crippen molar-refractivity contribution in [1.29, 1.82) is 0 Å². The first-order valence-corrected chi connectivity index (χ1v) is 29.2. The Morgan fingerprint density at radius 1 is 0.424 bits per heavy atom. The van der Waals surface area contributed by atoms with E-state index in [1.165, 1.54) is 212 Å². The van der Waals surface area contributed by atoms with Gasteiger partial charge in [0.2, 0.25) is 5.91 Å². The Morgan fingerprint density at radius 2 is 0.773 bits per heavy atom. The molecule has 0 spiro atoms. The molecule has 0 aromatic rings. The molecule has 0 radical (unpaired) electrons. The lowest BCUT2D eigenvalue weighted by Crippen LogP contribution is -2.45. The topological polar surface area (TPSA) is 95.9 Å². The number of amides is 1. The zero-order chi connectivity index (χ0) is 47.9. The van der Waals surface area contributed by atoms with Crippen LogP contribution in [0, 0.1) is 0 Å². The lowest BCUT2D eigenvalue weighted by atomic mass is 10.0. The number of aliphatic hydroxyl groups excluding tert-OH is 2. The molecule has 0 aromatic heterocycles. The molecule has 2 atom stereocenters. The summed E-state index contributed by atoms with van der Waals surface area (Å²) in [5.41, 5.74) is 0. The standard InChI is InChI=1S/C60H113NO5/c1-3-5-7-9-11-13-15-17-19-20-22-25-28-32-36-40-44-48-52-58(63)57(56-62)61-59(64)53-49-45-41-37-33-29-26-23-21-24-27-31-35-39-43-47-51-55-66-60(65)54-50-46-42-38-34-30-18-16-14-12-10-8-6-4-2/h10,12,16,18,21,24,57-58,62-63H,3-9,11,13-15,17,19-20,22-23,25-56H2,1-2H3,(H,61,64)/b12-10-,18-16-,24-21-. The molecule has 0 aliphatic rings. The number of hydrogen-bond acceptors (Lipinski definition) is 5. The van der Waals surface area contributed by atoms with Gasteiger partial charge in [-0.15, -0.1) is 0 Å². The minimum absolute atomic E-state index is 0.0164. The lowest BCUT2D eigenvalue weighted by molar-refractivity contribution is -0.143. The van der Waals surface area contributed by atoms with Crippen molar-refractivity contribution in [3.8, 4) is 0 Å². The molecule has 0 bridgehead atoms. The highest BCUT2D eigenvalue weighted by Gasteiger charge is 2.20. The molecule has 0 heterocycles. The summed E-state index contributed by atoms with van der Waals surface area (Å²) in [4.78, 5) is 24.5. The van der Waals surface area contributed by atoms with E-state index >= 15 is 0 Å². The van der Waals surface area contributed by atoms with Crippen molar-refractivity contribution in [2.75, 3.05) is 13.2 Å². The van der Waals surface area contributed by atoms with Crippen molar-refractivity contribution in [2.24, 2.45) is 0 Å². The SMILES string of the molecule is CCCC/C=C\C/C=C\CCCCCCCC(=O)OCCCCCCCC/C=C\CCCCCCCCCC(=O)NC(CO)C(O)CCCCCCCCCCCCCCCCCCCC. The molecule has 0 aliphatic carbocycles. The molecule has 3 N–H and O–H groups in total. The van der Waals surface area contributed by atoms with E-state index in [1.54, 1.807) is 0 Å². The maximum absolute atomic E-state index is 12.5. The van der Waals surface area contributed by atoms with Crippen LogP contribution in [-0.2, 0) is 14.3 Å². The Hall–Kier alpha value is -1.92. The second kappa shape index (κ2) is 55.7. The Bertz CT molecular complexity index is 1070. The van der Waals surface area contributed by atoms with Gasteiger partial charge < -0.3 is 20.3 Å². The highest BCUT2D eigenvalue weighted by atomic mass is 16.5. The Labute approximate surface area is 411 Å². The summed E-state index contributed by atoms with van der Waals surface area (Å²) in [5, 5.41) is 23.3. The summed E-state index contributed by atoms with van der Waals surface area (Å²) < 4.78 is 5.46. The van der Waals surface area contributed by atoms with Gasteiger partial charge in [-0.1, -0.05) is 256 Å². The summed E-state index contributed by atoms with van der Waals surface area (Å²) in [7, 11) is 0. The van der Waals surface area contributed by atoms with Crippen molar-refractivity contribution >= 4 is 11.9 Å². The highest BCUT2D eigenvalue weighted by molar-refractivity contribution is 5.76. The van der Waals surface area contributed by atoms with Gasteiger partial charge in [-0.3, -0.25) is 9.59 Å². The van der Waals surface area contributed by atoms with Crippen LogP contribution < -0.4 is 5.32 Å². The number of aliphatic hydroxyl groups is 2. The first-order valence-electron chi connectivity index (χ1n) is 29.2. The summed E-state index contributed by atoms with van der Waals surface area (Å²) >= 11 is 0. The Morgan fingerprint density at radius 3 is 1.21 bits per heavy atom. The Kier molecular flexibility index (Phi) is 54.1. The minimum atomic E-state index is -0.673. The van der Waals surface area contributed by atoms with Crippen LogP contribution in [-0.4, -0.2) is 47.4 Å². The summed E-state index contributed by atoms with van der Waals surface area (Å²) in [6.45, 7) is 4.90. The van der Waals surface area contributed by atoms with Gasteiger partial charge in [-0.25, -0.2) is 0 Å².